The topological polar surface area (TPSA) is 181 Å². The van der Waals surface area contributed by atoms with Crippen molar-refractivity contribution in [2.45, 2.75) is 35.0 Å². The van der Waals surface area contributed by atoms with Gasteiger partial charge in [0.1, 0.15) is 22.8 Å². The van der Waals surface area contributed by atoms with E-state index in [2.05, 4.69) is 35.6 Å². The van der Waals surface area contributed by atoms with E-state index in [1.54, 1.807) is 0 Å². The molecule has 1 aliphatic rings. The van der Waals surface area contributed by atoms with Gasteiger partial charge in [0.05, 0.1) is 16.1 Å². The van der Waals surface area contributed by atoms with Crippen molar-refractivity contribution in [2.75, 3.05) is 30.3 Å². The molecule has 1 fully saturated rings. The van der Waals surface area contributed by atoms with Crippen LogP contribution in [0.1, 0.15) is 12.0 Å². The number of aromatic nitrogens is 3. The van der Waals surface area contributed by atoms with Gasteiger partial charge in [0.15, 0.2) is 5.82 Å². The average Bonchev–Trinajstić information content (AvgIpc) is 3.46. The molecular weight excluding hydrogens is 628 g/mol. The van der Waals surface area contributed by atoms with E-state index in [4.69, 9.17) is 5.14 Å². The fraction of sp³-hybridized carbons (Fsp3) is 0.269. The van der Waals surface area contributed by atoms with Crippen LogP contribution < -0.4 is 25.8 Å². The Morgan fingerprint density at radius 1 is 0.955 bits per heavy atom. The molecule has 4 aromatic rings. The summed E-state index contributed by atoms with van der Waals surface area (Å²) in [4.78, 5) is 12.2. The number of hydrogen-bond donors (Lipinski definition) is 5. The number of primary sulfonamides is 1. The van der Waals surface area contributed by atoms with Crippen LogP contribution in [0, 0.1) is 5.82 Å². The Labute approximate surface area is 249 Å². The number of sulfonamides is 2. The van der Waals surface area contributed by atoms with Crippen LogP contribution in [-0.4, -0.2) is 63.6 Å². The van der Waals surface area contributed by atoms with Crippen LogP contribution in [0.15, 0.2) is 64.4 Å². The zero-order chi connectivity index (χ0) is 31.7. The number of benzene rings is 2. The van der Waals surface area contributed by atoms with Crippen LogP contribution >= 0.6 is 0 Å². The third kappa shape index (κ3) is 7.56. The number of nitrogens with one attached hydrogen (secondary N) is 4. The van der Waals surface area contributed by atoms with Crippen LogP contribution in [0.25, 0.3) is 22.3 Å². The number of alkyl halides is 3. The lowest BCUT2D eigenvalue weighted by Crippen LogP contribution is -2.36. The fourth-order valence-corrected chi connectivity index (χ4v) is 6.34. The van der Waals surface area contributed by atoms with Crippen LogP contribution in [0.5, 0.6) is 0 Å². The van der Waals surface area contributed by atoms with Crippen molar-refractivity contribution < 1.29 is 34.4 Å². The quantitative estimate of drug-likeness (QED) is 0.160. The first-order valence-electron chi connectivity index (χ1n) is 13.1. The Morgan fingerprint density at radius 3 is 2.36 bits per heavy atom. The van der Waals surface area contributed by atoms with E-state index in [-0.39, 0.29) is 45.5 Å². The number of nitrogens with zero attached hydrogens (tertiary/aromatic N) is 3. The van der Waals surface area contributed by atoms with E-state index in [0.29, 0.717) is 25.1 Å². The van der Waals surface area contributed by atoms with Crippen LogP contribution in [0.4, 0.5) is 29.3 Å². The van der Waals surface area contributed by atoms with Gasteiger partial charge < -0.3 is 16.0 Å². The first-order valence-corrected chi connectivity index (χ1v) is 16.1. The van der Waals surface area contributed by atoms with Gasteiger partial charge in [0, 0.05) is 24.7 Å². The van der Waals surface area contributed by atoms with Crippen LogP contribution in [0.2, 0.25) is 0 Å². The lowest BCUT2D eigenvalue weighted by atomic mass is 10.1. The van der Waals surface area contributed by atoms with E-state index in [1.807, 2.05) is 0 Å². The molecule has 0 unspecified atom stereocenters. The lowest BCUT2D eigenvalue weighted by Gasteiger charge is -2.15. The fourth-order valence-electron chi connectivity index (χ4n) is 4.45. The number of fused-ring (bicyclic) bond motifs is 1. The summed E-state index contributed by atoms with van der Waals surface area (Å²) in [5.74, 6) is -1.28. The second-order valence-corrected chi connectivity index (χ2v) is 13.2. The monoisotopic (exact) mass is 654 g/mol. The van der Waals surface area contributed by atoms with Gasteiger partial charge in [-0.15, -0.1) is 0 Å². The molecule has 44 heavy (non-hydrogen) atoms. The van der Waals surface area contributed by atoms with E-state index < -0.39 is 49.5 Å². The van der Waals surface area contributed by atoms with Crippen molar-refractivity contribution in [1.29, 1.82) is 0 Å². The molecule has 3 heterocycles. The van der Waals surface area contributed by atoms with Gasteiger partial charge in [-0.05, 0) is 61.0 Å². The number of rotatable bonds is 10. The highest BCUT2D eigenvalue weighted by Crippen LogP contribution is 2.29. The summed E-state index contributed by atoms with van der Waals surface area (Å²) in [6.07, 6.45) is -4.04. The summed E-state index contributed by atoms with van der Waals surface area (Å²) >= 11 is 0. The highest BCUT2D eigenvalue weighted by atomic mass is 32.2. The highest BCUT2D eigenvalue weighted by molar-refractivity contribution is 7.89. The van der Waals surface area contributed by atoms with Gasteiger partial charge >= 0.3 is 6.18 Å². The molecule has 234 valence electrons. The minimum Gasteiger partial charge on any atom is -0.359 e. The summed E-state index contributed by atoms with van der Waals surface area (Å²) in [5, 5.41) is 13.2. The molecule has 12 nitrogen and oxygen atoms in total. The van der Waals surface area contributed by atoms with Crippen molar-refractivity contribution in [3.63, 3.8) is 0 Å². The van der Waals surface area contributed by atoms with Gasteiger partial charge in [0.2, 0.25) is 26.0 Å². The summed E-state index contributed by atoms with van der Waals surface area (Å²) < 4.78 is 105. The Hall–Kier alpha value is -3.97. The third-order valence-corrected chi connectivity index (χ3v) is 9.06. The highest BCUT2D eigenvalue weighted by Gasteiger charge is 2.28. The number of hydrogen-bond acceptors (Lipinski definition) is 10. The van der Waals surface area contributed by atoms with Crippen LogP contribution in [0.3, 0.4) is 0 Å². The Morgan fingerprint density at radius 2 is 1.70 bits per heavy atom. The first-order chi connectivity index (χ1) is 20.7. The molecule has 2 aromatic heterocycles. The standard InChI is InChI=1S/C26H26F4N8O4S2/c27-19-6-3-16(11-22(19)44(41,42)38-17-9-10-32-13-17)20-7-8-21-23(35-20)24(34-14-26(28,29)30)37-25(36-21)33-12-15-1-4-18(5-2-15)43(31,39)40/h1-8,11,17,32,38H,9-10,12-14H2,(H2,31,39,40)(H2,33,34,36,37)/t17-/m1/s1. The summed E-state index contributed by atoms with van der Waals surface area (Å²) in [6, 6.07) is 11.5. The molecule has 0 spiro atoms. The van der Waals surface area contributed by atoms with Gasteiger partial charge in [0.25, 0.3) is 0 Å². The Kier molecular flexibility index (Phi) is 8.72. The van der Waals surface area contributed by atoms with E-state index in [1.165, 1.54) is 42.5 Å². The van der Waals surface area contributed by atoms with Crippen molar-refractivity contribution in [3.05, 3.63) is 66.0 Å². The van der Waals surface area contributed by atoms with Gasteiger partial charge in [-0.2, -0.15) is 18.2 Å². The zero-order valence-corrected chi connectivity index (χ0v) is 24.3. The number of anilines is 2. The normalized spacial score (nSPS) is 15.9. The molecule has 0 radical (unpaired) electrons. The van der Waals surface area contributed by atoms with Crippen molar-refractivity contribution in [1.82, 2.24) is 25.0 Å². The molecule has 0 saturated carbocycles. The molecule has 1 saturated heterocycles. The van der Waals surface area contributed by atoms with Gasteiger partial charge in [-0.1, -0.05) is 12.1 Å². The molecule has 0 aliphatic carbocycles. The summed E-state index contributed by atoms with van der Waals surface area (Å²) in [5.41, 5.74) is 1.07. The molecular formula is C26H26F4N8O4S2. The predicted molar refractivity (Wildman–Crippen MR) is 154 cm³/mol. The third-order valence-electron chi connectivity index (χ3n) is 6.60. The van der Waals surface area contributed by atoms with Crippen molar-refractivity contribution in [3.8, 4) is 11.3 Å². The Bertz CT molecular complexity index is 1900. The first kappa shape index (κ1) is 31.5. The molecule has 2 aromatic carbocycles. The maximum atomic E-state index is 14.7. The van der Waals surface area contributed by atoms with Crippen LogP contribution in [-0.2, 0) is 26.6 Å². The smallest absolute Gasteiger partial charge is 0.359 e. The molecule has 6 N–H and O–H groups in total. The minimum atomic E-state index is -4.59. The Balaban J connectivity index is 1.46. The molecule has 1 aliphatic heterocycles. The van der Waals surface area contributed by atoms with Gasteiger partial charge in [-0.3, -0.25) is 0 Å². The van der Waals surface area contributed by atoms with E-state index in [0.717, 1.165) is 12.1 Å². The molecule has 18 heteroatoms. The number of nitrogens with two attached hydrogens (primary N) is 1. The summed E-state index contributed by atoms with van der Waals surface area (Å²) in [6.45, 7) is -0.310. The second kappa shape index (κ2) is 12.2. The van der Waals surface area contributed by atoms with E-state index >= 15 is 0 Å². The lowest BCUT2D eigenvalue weighted by molar-refractivity contribution is -0.115. The minimum absolute atomic E-state index is 0.0429. The maximum Gasteiger partial charge on any atom is 0.405 e. The van der Waals surface area contributed by atoms with Crippen molar-refractivity contribution in [2.24, 2.45) is 5.14 Å². The van der Waals surface area contributed by atoms with Gasteiger partial charge in [-0.25, -0.2) is 41.1 Å². The number of pyridine rings is 1. The SMILES string of the molecule is NS(=O)(=O)c1ccc(CNc2nc(NCC(F)(F)F)c3nc(-c4ccc(F)c(S(=O)(=O)N[C@@H]5CCNC5)c4)ccc3n2)cc1. The van der Waals surface area contributed by atoms with E-state index in [9.17, 15) is 34.4 Å². The number of halogens is 4. The predicted octanol–water partition coefficient (Wildman–Crippen LogP) is 2.70. The molecule has 0 amide bonds. The maximum absolute atomic E-state index is 14.7. The molecule has 0 bridgehead atoms. The molecule has 5 rings (SSSR count). The largest absolute Gasteiger partial charge is 0.405 e. The van der Waals surface area contributed by atoms with Crippen molar-refractivity contribution >= 4 is 42.8 Å². The average molecular weight is 655 g/mol. The summed E-state index contributed by atoms with van der Waals surface area (Å²) in [7, 11) is -8.11. The second-order valence-electron chi connectivity index (χ2n) is 9.93. The zero-order valence-electron chi connectivity index (χ0n) is 22.7. The molecule has 1 atom stereocenters.